The fourth-order valence-electron chi connectivity index (χ4n) is 4.06. The van der Waals surface area contributed by atoms with Gasteiger partial charge in [-0.05, 0) is 58.7 Å². The Morgan fingerprint density at radius 3 is 2.41 bits per heavy atom. The molecule has 3 heteroatoms. The minimum absolute atomic E-state index is 0.783. The summed E-state index contributed by atoms with van der Waals surface area (Å²) in [5.41, 5.74) is 0. The van der Waals surface area contributed by atoms with Crippen LogP contribution in [0.4, 0.5) is 0 Å². The van der Waals surface area contributed by atoms with Gasteiger partial charge in [0.1, 0.15) is 0 Å². The molecule has 0 aromatic heterocycles. The highest BCUT2D eigenvalue weighted by molar-refractivity contribution is 4.93. The third kappa shape index (κ3) is 2.51. The quantitative estimate of drug-likeness (QED) is 0.798. The van der Waals surface area contributed by atoms with Gasteiger partial charge in [-0.15, -0.1) is 0 Å². The van der Waals surface area contributed by atoms with E-state index in [1.807, 2.05) is 0 Å². The molecule has 3 unspecified atom stereocenters. The molecule has 2 heterocycles. The summed E-state index contributed by atoms with van der Waals surface area (Å²) in [7, 11) is 2.12. The van der Waals surface area contributed by atoms with E-state index in [0.717, 1.165) is 18.1 Å². The van der Waals surface area contributed by atoms with E-state index in [9.17, 15) is 0 Å². The van der Waals surface area contributed by atoms with Crippen LogP contribution in [-0.2, 0) is 0 Å². The van der Waals surface area contributed by atoms with Crippen LogP contribution in [0.25, 0.3) is 0 Å². The first-order chi connectivity index (χ1) is 8.36. The normalized spacial score (nSPS) is 40.4. The van der Waals surface area contributed by atoms with E-state index in [4.69, 9.17) is 0 Å². The highest BCUT2D eigenvalue weighted by Crippen LogP contribution is 2.29. The van der Waals surface area contributed by atoms with Gasteiger partial charge in [-0.1, -0.05) is 0 Å². The van der Waals surface area contributed by atoms with Crippen LogP contribution in [0.5, 0.6) is 0 Å². The first-order valence-corrected chi connectivity index (χ1v) is 7.52. The van der Waals surface area contributed by atoms with Crippen molar-refractivity contribution in [3.63, 3.8) is 0 Å². The Morgan fingerprint density at radius 1 is 0.882 bits per heavy atom. The highest BCUT2D eigenvalue weighted by Gasteiger charge is 2.35. The van der Waals surface area contributed by atoms with Gasteiger partial charge in [-0.3, -0.25) is 9.80 Å². The van der Waals surface area contributed by atoms with Crippen molar-refractivity contribution >= 4 is 0 Å². The number of likely N-dealkylation sites (tertiary alicyclic amines) is 2. The lowest BCUT2D eigenvalue weighted by Gasteiger charge is -2.27. The lowest BCUT2D eigenvalue weighted by atomic mass is 10.2. The molecule has 2 saturated heterocycles. The average molecular weight is 237 g/mol. The van der Waals surface area contributed by atoms with Crippen molar-refractivity contribution in [1.82, 2.24) is 15.1 Å². The van der Waals surface area contributed by atoms with Crippen LogP contribution in [0.1, 0.15) is 38.5 Å². The molecular formula is C14H27N3. The molecule has 17 heavy (non-hydrogen) atoms. The molecule has 3 fully saturated rings. The van der Waals surface area contributed by atoms with Gasteiger partial charge < -0.3 is 5.32 Å². The summed E-state index contributed by atoms with van der Waals surface area (Å²) in [6, 6.07) is 2.54. The predicted molar refractivity (Wildman–Crippen MR) is 71.3 cm³/mol. The van der Waals surface area contributed by atoms with Crippen molar-refractivity contribution in [2.24, 2.45) is 0 Å². The minimum atomic E-state index is 0.783. The molecule has 0 radical (unpaired) electrons. The van der Waals surface area contributed by atoms with Gasteiger partial charge in [0.15, 0.2) is 0 Å². The summed E-state index contributed by atoms with van der Waals surface area (Å²) in [5, 5.41) is 3.45. The molecule has 0 bridgehead atoms. The second-order valence-electron chi connectivity index (χ2n) is 6.13. The predicted octanol–water partition coefficient (Wildman–Crippen LogP) is 1.30. The molecule has 0 aromatic carbocycles. The Bertz CT molecular complexity index is 250. The van der Waals surface area contributed by atoms with E-state index in [1.54, 1.807) is 0 Å². The maximum absolute atomic E-state index is 3.45. The summed E-state index contributed by atoms with van der Waals surface area (Å²) >= 11 is 0. The third-order valence-electron chi connectivity index (χ3n) is 5.18. The van der Waals surface area contributed by atoms with Crippen LogP contribution in [0.3, 0.4) is 0 Å². The summed E-state index contributed by atoms with van der Waals surface area (Å²) in [6.07, 6.45) is 8.46. The summed E-state index contributed by atoms with van der Waals surface area (Å²) in [4.78, 5) is 5.52. The van der Waals surface area contributed by atoms with E-state index in [1.165, 1.54) is 64.7 Å². The van der Waals surface area contributed by atoms with Gasteiger partial charge in [0.2, 0.25) is 0 Å². The van der Waals surface area contributed by atoms with Gasteiger partial charge in [0.05, 0.1) is 0 Å². The van der Waals surface area contributed by atoms with E-state index >= 15 is 0 Å². The topological polar surface area (TPSA) is 18.5 Å². The Balaban J connectivity index is 1.50. The van der Waals surface area contributed by atoms with Crippen LogP contribution in [0.15, 0.2) is 0 Å². The zero-order valence-electron chi connectivity index (χ0n) is 11.2. The Hall–Kier alpha value is -0.120. The first-order valence-electron chi connectivity index (χ1n) is 7.52. The second kappa shape index (κ2) is 5.25. The maximum atomic E-state index is 3.45. The number of nitrogens with one attached hydrogen (secondary N) is 1. The fraction of sp³-hybridized carbons (Fsp3) is 1.00. The molecule has 3 atom stereocenters. The van der Waals surface area contributed by atoms with Crippen molar-refractivity contribution in [3.8, 4) is 0 Å². The molecule has 0 aromatic rings. The third-order valence-corrected chi connectivity index (χ3v) is 5.18. The molecule has 0 spiro atoms. The highest BCUT2D eigenvalue weighted by atomic mass is 15.3. The largest absolute Gasteiger partial charge is 0.317 e. The van der Waals surface area contributed by atoms with Crippen molar-refractivity contribution < 1.29 is 0 Å². The molecule has 1 aliphatic carbocycles. The maximum Gasteiger partial charge on any atom is 0.0235 e. The summed E-state index contributed by atoms with van der Waals surface area (Å²) in [6.45, 7) is 5.42. The molecule has 98 valence electrons. The first kappa shape index (κ1) is 11.9. The molecule has 1 N–H and O–H groups in total. The minimum Gasteiger partial charge on any atom is -0.317 e. The smallest absolute Gasteiger partial charge is 0.0235 e. The standard InChI is InChI=1S/C14H27N3/c1-15-12-4-5-13(10-12)17-9-6-14(11-17)16-7-2-3-8-16/h12-15H,2-11H2,1H3. The number of hydrogen-bond acceptors (Lipinski definition) is 3. The van der Waals surface area contributed by atoms with Gasteiger partial charge in [0.25, 0.3) is 0 Å². The van der Waals surface area contributed by atoms with Gasteiger partial charge >= 0.3 is 0 Å². The van der Waals surface area contributed by atoms with E-state index < -0.39 is 0 Å². The van der Waals surface area contributed by atoms with E-state index in [2.05, 4.69) is 22.2 Å². The average Bonchev–Trinajstić information content (AvgIpc) is 3.09. The van der Waals surface area contributed by atoms with Crippen molar-refractivity contribution in [1.29, 1.82) is 0 Å². The van der Waals surface area contributed by atoms with Gasteiger partial charge in [-0.25, -0.2) is 0 Å². The molecular weight excluding hydrogens is 210 g/mol. The second-order valence-corrected chi connectivity index (χ2v) is 6.13. The molecule has 3 rings (SSSR count). The van der Waals surface area contributed by atoms with E-state index in [-0.39, 0.29) is 0 Å². The Morgan fingerprint density at radius 2 is 1.71 bits per heavy atom. The number of rotatable bonds is 3. The number of nitrogens with zero attached hydrogens (tertiary/aromatic N) is 2. The molecule has 3 nitrogen and oxygen atoms in total. The van der Waals surface area contributed by atoms with Crippen LogP contribution in [0, 0.1) is 0 Å². The summed E-state index contributed by atoms with van der Waals surface area (Å²) in [5.74, 6) is 0. The zero-order valence-corrected chi connectivity index (χ0v) is 11.2. The SMILES string of the molecule is CNC1CCC(N2CCC(N3CCCC3)C2)C1. The van der Waals surface area contributed by atoms with Gasteiger partial charge in [-0.2, -0.15) is 0 Å². The monoisotopic (exact) mass is 237 g/mol. The van der Waals surface area contributed by atoms with Gasteiger partial charge in [0, 0.05) is 31.2 Å². The van der Waals surface area contributed by atoms with E-state index in [0.29, 0.717) is 0 Å². The molecule has 0 amide bonds. The fourth-order valence-corrected chi connectivity index (χ4v) is 4.06. The lowest BCUT2D eigenvalue weighted by Crippen LogP contribution is -2.38. The summed E-state index contributed by atoms with van der Waals surface area (Å²) < 4.78 is 0. The number of hydrogen-bond donors (Lipinski definition) is 1. The Labute approximate surface area is 106 Å². The lowest BCUT2D eigenvalue weighted by molar-refractivity contribution is 0.199. The Kier molecular flexibility index (Phi) is 3.69. The van der Waals surface area contributed by atoms with Crippen LogP contribution >= 0.6 is 0 Å². The molecule has 2 aliphatic heterocycles. The zero-order chi connectivity index (χ0) is 11.7. The van der Waals surface area contributed by atoms with Crippen molar-refractivity contribution in [3.05, 3.63) is 0 Å². The van der Waals surface area contributed by atoms with Crippen molar-refractivity contribution in [2.45, 2.75) is 56.7 Å². The van der Waals surface area contributed by atoms with Crippen LogP contribution in [0.2, 0.25) is 0 Å². The van der Waals surface area contributed by atoms with Crippen LogP contribution in [-0.4, -0.2) is 61.2 Å². The van der Waals surface area contributed by atoms with Crippen LogP contribution < -0.4 is 5.32 Å². The molecule has 3 aliphatic rings. The molecule has 1 saturated carbocycles. The van der Waals surface area contributed by atoms with Crippen molar-refractivity contribution in [2.75, 3.05) is 33.2 Å².